The molecule has 0 aliphatic rings. The molecule has 1 aromatic rings. The van der Waals surface area contributed by atoms with Crippen molar-refractivity contribution in [3.05, 3.63) is 24.3 Å². The zero-order chi connectivity index (χ0) is 6.69. The van der Waals surface area contributed by atoms with Gasteiger partial charge in [-0.05, 0) is 12.1 Å². The Morgan fingerprint density at radius 3 is 2.30 bits per heavy atom. The normalized spacial score (nSPS) is 8.10. The second-order valence-electron chi connectivity index (χ2n) is 1.84. The van der Waals surface area contributed by atoms with Crippen molar-refractivity contribution < 1.29 is 0 Å². The van der Waals surface area contributed by atoms with E-state index in [0.717, 1.165) is 11.4 Å². The maximum absolute atomic E-state index is 5.57. The van der Waals surface area contributed by atoms with Crippen molar-refractivity contribution in [2.45, 2.75) is 0 Å². The summed E-state index contributed by atoms with van der Waals surface area (Å²) in [4.78, 5) is 0. The van der Waals surface area contributed by atoms with Crippen molar-refractivity contribution in [1.82, 2.24) is 0 Å². The fourth-order valence-corrected chi connectivity index (χ4v) is 0.725. The number of hydrogen-bond acceptors (Lipinski definition) is 2. The van der Waals surface area contributed by atoms with E-state index in [0.29, 0.717) is 0 Å². The number of para-hydroxylation sites is 2. The highest BCUT2D eigenvalue weighted by Gasteiger charge is 1.89. The van der Waals surface area contributed by atoms with Crippen molar-refractivity contribution in [1.29, 1.82) is 0 Å². The summed E-state index contributed by atoms with van der Waals surface area (Å²) in [6, 6.07) is 7.67. The summed E-state index contributed by atoms with van der Waals surface area (Å²) in [5, 5.41) is 2.97. The molecule has 2 nitrogen and oxygen atoms in total. The summed E-state index contributed by atoms with van der Waals surface area (Å²) < 4.78 is 0. The van der Waals surface area contributed by atoms with E-state index < -0.39 is 0 Å². The summed E-state index contributed by atoms with van der Waals surface area (Å²) in [7, 11) is 1.85. The predicted molar refractivity (Wildman–Crippen MR) is 50.7 cm³/mol. The van der Waals surface area contributed by atoms with Gasteiger partial charge >= 0.3 is 0 Å². The maximum atomic E-state index is 5.57. The molecule has 0 spiro atoms. The van der Waals surface area contributed by atoms with Gasteiger partial charge in [0.1, 0.15) is 0 Å². The van der Waals surface area contributed by atoms with E-state index in [4.69, 9.17) is 5.73 Å². The number of nitrogen functional groups attached to an aromatic ring is 1. The van der Waals surface area contributed by atoms with Gasteiger partial charge in [0.15, 0.2) is 0 Å². The molecular weight excluding hydrogens is 192 g/mol. The third-order valence-electron chi connectivity index (χ3n) is 1.23. The van der Waals surface area contributed by atoms with Crippen molar-refractivity contribution in [2.24, 2.45) is 0 Å². The monoisotopic (exact) mass is 202 g/mol. The predicted octanol–water partition coefficient (Wildman–Crippen LogP) is 1.89. The highest BCUT2D eigenvalue weighted by molar-refractivity contribution is 8.93. The molecule has 0 heterocycles. The number of benzene rings is 1. The minimum absolute atomic E-state index is 0. The Balaban J connectivity index is 0.000000810. The van der Waals surface area contributed by atoms with Gasteiger partial charge in [-0.3, -0.25) is 0 Å². The van der Waals surface area contributed by atoms with Gasteiger partial charge in [0.2, 0.25) is 0 Å². The molecule has 0 saturated carbocycles. The Morgan fingerprint density at radius 1 is 1.30 bits per heavy atom. The van der Waals surface area contributed by atoms with E-state index in [2.05, 4.69) is 5.32 Å². The number of halogens is 1. The van der Waals surface area contributed by atoms with E-state index in [-0.39, 0.29) is 17.0 Å². The molecule has 0 aliphatic carbocycles. The fraction of sp³-hybridized carbons (Fsp3) is 0.143. The number of hydrogen-bond donors (Lipinski definition) is 2. The van der Waals surface area contributed by atoms with E-state index >= 15 is 0 Å². The minimum atomic E-state index is 0. The first-order valence-corrected chi connectivity index (χ1v) is 2.87. The second kappa shape index (κ2) is 4.17. The van der Waals surface area contributed by atoms with Crippen LogP contribution < -0.4 is 11.1 Å². The van der Waals surface area contributed by atoms with E-state index in [1.165, 1.54) is 0 Å². The lowest BCUT2D eigenvalue weighted by molar-refractivity contribution is 1.51. The minimum Gasteiger partial charge on any atom is -0.397 e. The highest BCUT2D eigenvalue weighted by atomic mass is 79.9. The Kier molecular flexibility index (Phi) is 3.88. The Labute approximate surface area is 71.2 Å². The van der Waals surface area contributed by atoms with Crippen molar-refractivity contribution in [3.63, 3.8) is 0 Å². The molecule has 0 atom stereocenters. The van der Waals surface area contributed by atoms with E-state index in [1.54, 1.807) is 0 Å². The number of rotatable bonds is 1. The zero-order valence-electron chi connectivity index (χ0n) is 5.79. The summed E-state index contributed by atoms with van der Waals surface area (Å²) in [5.74, 6) is 0. The number of anilines is 2. The first-order chi connectivity index (χ1) is 4.34. The van der Waals surface area contributed by atoms with Crippen LogP contribution in [0.4, 0.5) is 11.4 Å². The van der Waals surface area contributed by atoms with Crippen LogP contribution >= 0.6 is 17.0 Å². The van der Waals surface area contributed by atoms with Crippen LogP contribution in [0.2, 0.25) is 0 Å². The van der Waals surface area contributed by atoms with Crippen LogP contribution in [-0.4, -0.2) is 7.05 Å². The summed E-state index contributed by atoms with van der Waals surface area (Å²) in [6.45, 7) is 0. The Bertz CT molecular complexity index is 201. The lowest BCUT2D eigenvalue weighted by atomic mass is 10.3. The van der Waals surface area contributed by atoms with E-state index in [9.17, 15) is 0 Å². The lowest BCUT2D eigenvalue weighted by Crippen LogP contribution is -1.93. The van der Waals surface area contributed by atoms with Gasteiger partial charge in [-0.25, -0.2) is 0 Å². The standard InChI is InChI=1S/C7H10N2.BrH/c1-9-7-5-3-2-4-6(7)8;/h2-5,9H,8H2,1H3;1H. The largest absolute Gasteiger partial charge is 0.397 e. The van der Waals surface area contributed by atoms with Crippen LogP contribution in [0.1, 0.15) is 0 Å². The summed E-state index contributed by atoms with van der Waals surface area (Å²) in [5.41, 5.74) is 7.34. The first-order valence-electron chi connectivity index (χ1n) is 2.87. The van der Waals surface area contributed by atoms with Crippen LogP contribution in [-0.2, 0) is 0 Å². The molecule has 1 rings (SSSR count). The quantitative estimate of drug-likeness (QED) is 0.684. The molecule has 0 fully saturated rings. The fourth-order valence-electron chi connectivity index (χ4n) is 0.725. The molecule has 10 heavy (non-hydrogen) atoms. The average Bonchev–Trinajstić information content (AvgIpc) is 1.89. The molecule has 56 valence electrons. The van der Waals surface area contributed by atoms with Gasteiger partial charge in [0, 0.05) is 7.05 Å². The second-order valence-corrected chi connectivity index (χ2v) is 1.84. The van der Waals surface area contributed by atoms with E-state index in [1.807, 2.05) is 31.3 Å². The zero-order valence-corrected chi connectivity index (χ0v) is 7.51. The molecular formula is C7H11BrN2. The maximum Gasteiger partial charge on any atom is 0.0571 e. The molecule has 3 heteroatoms. The van der Waals surface area contributed by atoms with Gasteiger partial charge in [-0.2, -0.15) is 0 Å². The van der Waals surface area contributed by atoms with Gasteiger partial charge in [-0.15, -0.1) is 17.0 Å². The third-order valence-corrected chi connectivity index (χ3v) is 1.23. The molecule has 0 aromatic heterocycles. The molecule has 0 aliphatic heterocycles. The lowest BCUT2D eigenvalue weighted by Gasteiger charge is -2.01. The molecule has 0 radical (unpaired) electrons. The number of nitrogens with two attached hydrogens (primary N) is 1. The van der Waals surface area contributed by atoms with Crippen LogP contribution in [0.25, 0.3) is 0 Å². The van der Waals surface area contributed by atoms with Gasteiger partial charge in [0.25, 0.3) is 0 Å². The molecule has 0 amide bonds. The average molecular weight is 203 g/mol. The number of nitrogens with one attached hydrogen (secondary N) is 1. The SMILES string of the molecule is Br.CNc1ccccc1N. The molecule has 0 unspecified atom stereocenters. The Hall–Kier alpha value is -0.700. The smallest absolute Gasteiger partial charge is 0.0571 e. The Morgan fingerprint density at radius 2 is 1.90 bits per heavy atom. The van der Waals surface area contributed by atoms with Crippen molar-refractivity contribution in [2.75, 3.05) is 18.1 Å². The summed E-state index contributed by atoms with van der Waals surface area (Å²) >= 11 is 0. The van der Waals surface area contributed by atoms with Gasteiger partial charge < -0.3 is 11.1 Å². The molecule has 3 N–H and O–H groups in total. The molecule has 1 aromatic carbocycles. The molecule has 0 bridgehead atoms. The van der Waals surface area contributed by atoms with Crippen LogP contribution in [0, 0.1) is 0 Å². The van der Waals surface area contributed by atoms with Gasteiger partial charge in [0.05, 0.1) is 11.4 Å². The van der Waals surface area contributed by atoms with Crippen molar-refractivity contribution in [3.8, 4) is 0 Å². The van der Waals surface area contributed by atoms with Crippen LogP contribution in [0.15, 0.2) is 24.3 Å². The highest BCUT2D eigenvalue weighted by Crippen LogP contribution is 2.14. The van der Waals surface area contributed by atoms with Crippen LogP contribution in [0.5, 0.6) is 0 Å². The van der Waals surface area contributed by atoms with Gasteiger partial charge in [-0.1, -0.05) is 12.1 Å². The summed E-state index contributed by atoms with van der Waals surface area (Å²) in [6.07, 6.45) is 0. The first kappa shape index (κ1) is 9.30. The van der Waals surface area contributed by atoms with Crippen LogP contribution in [0.3, 0.4) is 0 Å². The topological polar surface area (TPSA) is 38.0 Å². The van der Waals surface area contributed by atoms with Crippen molar-refractivity contribution >= 4 is 28.4 Å². The third kappa shape index (κ3) is 1.92. The molecule has 0 saturated heterocycles.